The first-order chi connectivity index (χ1) is 16.4. The number of nitrogens with zero attached hydrogens (tertiary/aromatic N) is 4. The van der Waals surface area contributed by atoms with E-state index in [2.05, 4.69) is 30.3 Å². The second kappa shape index (κ2) is 8.76. The molecule has 2 aromatic heterocycles. The van der Waals surface area contributed by atoms with Gasteiger partial charge in [-0.3, -0.25) is 9.59 Å². The maximum absolute atomic E-state index is 13.9. The highest BCUT2D eigenvalue weighted by atomic mass is 32.2. The van der Waals surface area contributed by atoms with Crippen LogP contribution in [0.25, 0.3) is 17.0 Å². The molecule has 0 aliphatic heterocycles. The highest BCUT2D eigenvalue weighted by Crippen LogP contribution is 2.42. The van der Waals surface area contributed by atoms with Crippen LogP contribution in [-0.2, 0) is 30.2 Å². The molecule has 4 aromatic rings. The van der Waals surface area contributed by atoms with Gasteiger partial charge in [-0.05, 0) is 24.0 Å². The molecule has 8 heteroatoms. The molecule has 2 heterocycles. The third kappa shape index (κ3) is 3.81. The van der Waals surface area contributed by atoms with Gasteiger partial charge in [-0.15, -0.1) is 5.10 Å². The number of nitrogens with one attached hydrogen (secondary N) is 1. The Morgan fingerprint density at radius 1 is 1.15 bits per heavy atom. The van der Waals surface area contributed by atoms with Crippen LogP contribution in [0.5, 0.6) is 0 Å². The van der Waals surface area contributed by atoms with Crippen molar-refractivity contribution >= 4 is 23.4 Å². The molecule has 5 rings (SSSR count). The van der Waals surface area contributed by atoms with Crippen molar-refractivity contribution in [3.8, 4) is 11.3 Å². The van der Waals surface area contributed by atoms with Crippen LogP contribution < -0.4 is 10.9 Å². The van der Waals surface area contributed by atoms with E-state index >= 15 is 0 Å². The molecule has 1 atom stereocenters. The average molecular weight is 474 g/mol. The first kappa shape index (κ1) is 22.4. The van der Waals surface area contributed by atoms with Gasteiger partial charge >= 0.3 is 0 Å². The van der Waals surface area contributed by atoms with E-state index < -0.39 is 0 Å². The monoisotopic (exact) mass is 473 g/mol. The van der Waals surface area contributed by atoms with Crippen LogP contribution in [0.1, 0.15) is 37.0 Å². The third-order valence-electron chi connectivity index (χ3n) is 6.68. The number of aromatic nitrogens is 4. The van der Waals surface area contributed by atoms with E-state index in [1.807, 2.05) is 48.5 Å². The van der Waals surface area contributed by atoms with Crippen LogP contribution in [-0.4, -0.2) is 30.8 Å². The van der Waals surface area contributed by atoms with Crippen molar-refractivity contribution < 1.29 is 4.79 Å². The highest BCUT2D eigenvalue weighted by Gasteiger charge is 2.38. The fourth-order valence-corrected chi connectivity index (χ4v) is 5.48. The summed E-state index contributed by atoms with van der Waals surface area (Å²) in [6.45, 7) is 4.71. The van der Waals surface area contributed by atoms with Crippen LogP contribution in [0, 0.1) is 0 Å². The zero-order valence-corrected chi connectivity index (χ0v) is 20.4. The lowest BCUT2D eigenvalue weighted by Gasteiger charge is -2.34. The smallest absolute Gasteiger partial charge is 0.265 e. The number of benzene rings is 2. The predicted molar refractivity (Wildman–Crippen MR) is 134 cm³/mol. The largest absolute Gasteiger partial charge is 0.351 e. The molecule has 1 unspecified atom stereocenters. The number of rotatable bonds is 6. The van der Waals surface area contributed by atoms with Gasteiger partial charge in [-0.25, -0.2) is 14.1 Å². The fraction of sp³-hybridized carbons (Fsp3) is 0.308. The molecule has 0 bridgehead atoms. The van der Waals surface area contributed by atoms with Gasteiger partial charge in [0.25, 0.3) is 5.56 Å². The first-order valence-corrected chi connectivity index (χ1v) is 12.4. The van der Waals surface area contributed by atoms with E-state index in [0.29, 0.717) is 17.5 Å². The third-order valence-corrected chi connectivity index (χ3v) is 7.61. The van der Waals surface area contributed by atoms with Gasteiger partial charge < -0.3 is 5.32 Å². The van der Waals surface area contributed by atoms with E-state index in [4.69, 9.17) is 4.98 Å². The van der Waals surface area contributed by atoms with Crippen molar-refractivity contribution in [1.82, 2.24) is 24.5 Å². The molecule has 1 aliphatic rings. The summed E-state index contributed by atoms with van der Waals surface area (Å²) in [6, 6.07) is 17.9. The maximum Gasteiger partial charge on any atom is 0.265 e. The molecule has 1 amide bonds. The van der Waals surface area contributed by atoms with Crippen LogP contribution in [0.4, 0.5) is 0 Å². The first-order valence-electron chi connectivity index (χ1n) is 11.4. The molecular formula is C26H27N5O2S. The van der Waals surface area contributed by atoms with E-state index in [1.165, 1.54) is 17.3 Å². The second-order valence-corrected chi connectivity index (χ2v) is 9.92. The molecular weight excluding hydrogens is 446 g/mol. The van der Waals surface area contributed by atoms with Gasteiger partial charge in [0.05, 0.1) is 17.0 Å². The maximum atomic E-state index is 13.9. The molecule has 0 spiro atoms. The number of carbonyl (C=O) groups excluding carboxylic acids is 1. The normalized spacial score (nSPS) is 16.8. The summed E-state index contributed by atoms with van der Waals surface area (Å²) >= 11 is 1.25. The Hall–Kier alpha value is -3.39. The summed E-state index contributed by atoms with van der Waals surface area (Å²) in [7, 11) is 1.78. The summed E-state index contributed by atoms with van der Waals surface area (Å²) in [5, 5.41) is 7.94. The van der Waals surface area contributed by atoms with Crippen LogP contribution in [0.2, 0.25) is 0 Å². The topological polar surface area (TPSA) is 81.3 Å². The Kier molecular flexibility index (Phi) is 5.77. The van der Waals surface area contributed by atoms with Gasteiger partial charge in [0, 0.05) is 24.6 Å². The lowest BCUT2D eigenvalue weighted by molar-refractivity contribution is -0.118. The van der Waals surface area contributed by atoms with Gasteiger partial charge in [0.15, 0.2) is 5.16 Å². The van der Waals surface area contributed by atoms with Crippen LogP contribution >= 0.6 is 11.8 Å². The summed E-state index contributed by atoms with van der Waals surface area (Å²) in [6.07, 6.45) is 1.61. The van der Waals surface area contributed by atoms with E-state index in [9.17, 15) is 9.59 Å². The zero-order valence-electron chi connectivity index (χ0n) is 19.5. The number of hydrogen-bond donors (Lipinski definition) is 1. The molecule has 7 nitrogen and oxygen atoms in total. The number of carbonyl (C=O) groups is 1. The molecule has 174 valence electrons. The minimum atomic E-state index is -0.320. The van der Waals surface area contributed by atoms with Crippen molar-refractivity contribution in [1.29, 1.82) is 0 Å². The van der Waals surface area contributed by atoms with E-state index in [0.717, 1.165) is 35.2 Å². The Bertz CT molecular complexity index is 1440. The molecule has 0 saturated carbocycles. The minimum absolute atomic E-state index is 0.0980. The van der Waals surface area contributed by atoms with Crippen molar-refractivity contribution in [3.63, 3.8) is 0 Å². The molecule has 0 fully saturated rings. The quantitative estimate of drug-likeness (QED) is 0.432. The van der Waals surface area contributed by atoms with Crippen LogP contribution in [0.15, 0.2) is 64.5 Å². The minimum Gasteiger partial charge on any atom is -0.351 e. The van der Waals surface area contributed by atoms with Crippen molar-refractivity contribution in [2.45, 2.75) is 43.8 Å². The number of thioether (sulfide) groups is 1. The fourth-order valence-electron chi connectivity index (χ4n) is 4.64. The summed E-state index contributed by atoms with van der Waals surface area (Å²) in [5.74, 6) is 0.529. The summed E-state index contributed by atoms with van der Waals surface area (Å²) in [4.78, 5) is 31.3. The van der Waals surface area contributed by atoms with Gasteiger partial charge in [-0.2, -0.15) is 0 Å². The van der Waals surface area contributed by atoms with Crippen molar-refractivity contribution in [2.24, 2.45) is 7.05 Å². The average Bonchev–Trinajstić information content (AvgIpc) is 3.17. The zero-order chi connectivity index (χ0) is 23.9. The molecule has 0 saturated heterocycles. The summed E-state index contributed by atoms with van der Waals surface area (Å²) < 4.78 is 3.18. The molecule has 2 aromatic carbocycles. The van der Waals surface area contributed by atoms with Gasteiger partial charge in [0.2, 0.25) is 11.7 Å². The summed E-state index contributed by atoms with van der Waals surface area (Å²) in [5.41, 5.74) is 4.32. The Balaban J connectivity index is 1.49. The van der Waals surface area contributed by atoms with Crippen LogP contribution in [0.3, 0.4) is 0 Å². The van der Waals surface area contributed by atoms with Gasteiger partial charge in [0.1, 0.15) is 0 Å². The highest BCUT2D eigenvalue weighted by molar-refractivity contribution is 7.99. The SMILES string of the molecule is CCC1(C)Cc2ccccc2-c2nc3n(C)nc(SCC(=O)NCc4ccccc4)n3c(=O)c21. The van der Waals surface area contributed by atoms with E-state index in [-0.39, 0.29) is 22.6 Å². The predicted octanol–water partition coefficient (Wildman–Crippen LogP) is 3.73. The number of amides is 1. The number of hydrogen-bond acceptors (Lipinski definition) is 5. The lowest BCUT2D eigenvalue weighted by Crippen LogP contribution is -2.38. The van der Waals surface area contributed by atoms with Crippen molar-refractivity contribution in [2.75, 3.05) is 5.75 Å². The standard InChI is InChI=1S/C26H27N5O2S/c1-4-26(2)14-18-12-8-9-13-19(18)22-21(26)23(33)31-24(28-22)30(3)29-25(31)34-16-20(32)27-15-17-10-6-5-7-11-17/h5-13H,4,14-16H2,1-3H3,(H,27,32). The molecule has 1 aliphatic carbocycles. The van der Waals surface area contributed by atoms with E-state index in [1.54, 1.807) is 16.1 Å². The Morgan fingerprint density at radius 2 is 1.88 bits per heavy atom. The Labute approximate surface area is 202 Å². The second-order valence-electron chi connectivity index (χ2n) is 8.98. The Morgan fingerprint density at radius 3 is 2.65 bits per heavy atom. The van der Waals surface area contributed by atoms with Crippen molar-refractivity contribution in [3.05, 3.63) is 81.6 Å². The molecule has 1 N–H and O–H groups in total. The number of fused-ring (bicyclic) bond motifs is 4. The van der Waals surface area contributed by atoms with Gasteiger partial charge in [-0.1, -0.05) is 80.2 Å². The molecule has 0 radical (unpaired) electrons. The molecule has 34 heavy (non-hydrogen) atoms. The number of aryl methyl sites for hydroxylation is 1. The lowest BCUT2D eigenvalue weighted by atomic mass is 9.69.